The molecule has 0 fully saturated rings. The molecule has 2 heterocycles. The lowest BCUT2D eigenvalue weighted by Gasteiger charge is -2.19. The molecular weight excluding hydrogens is 258 g/mol. The first-order valence-electron chi connectivity index (χ1n) is 6.68. The molecule has 0 aliphatic rings. The molecule has 19 heavy (non-hydrogen) atoms. The van der Waals surface area contributed by atoms with Crippen LogP contribution in [-0.2, 0) is 7.05 Å². The first-order chi connectivity index (χ1) is 9.15. The van der Waals surface area contributed by atoms with E-state index in [0.29, 0.717) is 5.92 Å². The predicted octanol–water partition coefficient (Wildman–Crippen LogP) is 2.48. The fourth-order valence-corrected chi connectivity index (χ4v) is 2.99. The van der Waals surface area contributed by atoms with Crippen LogP contribution in [0.5, 0.6) is 0 Å². The minimum absolute atomic E-state index is 0.129. The second-order valence-electron chi connectivity index (χ2n) is 4.94. The van der Waals surface area contributed by atoms with Gasteiger partial charge in [-0.25, -0.2) is 0 Å². The molecule has 2 aromatic heterocycles. The standard InChI is InChI=1S/C13H21N5S/c1-5-7-14-12(10-6-8-15-18(10)4)13-11(9(2)3)16-17-19-13/h6,8-9,12,14H,5,7H2,1-4H3. The van der Waals surface area contributed by atoms with Gasteiger partial charge in [-0.3, -0.25) is 4.68 Å². The molecule has 0 saturated carbocycles. The van der Waals surface area contributed by atoms with Gasteiger partial charge in [-0.15, -0.1) is 5.10 Å². The molecule has 0 aliphatic carbocycles. The average Bonchev–Trinajstić information content (AvgIpc) is 3.00. The molecule has 2 aromatic rings. The highest BCUT2D eigenvalue weighted by atomic mass is 32.1. The van der Waals surface area contributed by atoms with E-state index in [-0.39, 0.29) is 6.04 Å². The summed E-state index contributed by atoms with van der Waals surface area (Å²) < 4.78 is 6.05. The van der Waals surface area contributed by atoms with Crippen LogP contribution in [0, 0.1) is 0 Å². The van der Waals surface area contributed by atoms with E-state index in [4.69, 9.17) is 0 Å². The van der Waals surface area contributed by atoms with Gasteiger partial charge in [0.2, 0.25) is 0 Å². The van der Waals surface area contributed by atoms with E-state index in [1.807, 2.05) is 17.9 Å². The van der Waals surface area contributed by atoms with Crippen molar-refractivity contribution in [3.05, 3.63) is 28.5 Å². The quantitative estimate of drug-likeness (QED) is 0.882. The zero-order valence-corrected chi connectivity index (χ0v) is 12.7. The Bertz CT molecular complexity index is 517. The van der Waals surface area contributed by atoms with Crippen LogP contribution in [0.25, 0.3) is 0 Å². The number of aryl methyl sites for hydroxylation is 1. The molecule has 0 bridgehead atoms. The molecule has 1 N–H and O–H groups in total. The lowest BCUT2D eigenvalue weighted by molar-refractivity contribution is 0.553. The third-order valence-electron chi connectivity index (χ3n) is 3.10. The van der Waals surface area contributed by atoms with Gasteiger partial charge in [-0.2, -0.15) is 5.10 Å². The predicted molar refractivity (Wildman–Crippen MR) is 77.3 cm³/mol. The molecule has 0 saturated heterocycles. The van der Waals surface area contributed by atoms with Gasteiger partial charge < -0.3 is 5.32 Å². The van der Waals surface area contributed by atoms with Crippen LogP contribution in [0.4, 0.5) is 0 Å². The molecule has 0 aliphatic heterocycles. The molecule has 6 heteroatoms. The topological polar surface area (TPSA) is 55.6 Å². The van der Waals surface area contributed by atoms with Crippen molar-refractivity contribution in [1.29, 1.82) is 0 Å². The number of aromatic nitrogens is 4. The van der Waals surface area contributed by atoms with Gasteiger partial charge in [0.25, 0.3) is 0 Å². The van der Waals surface area contributed by atoms with E-state index in [9.17, 15) is 0 Å². The SMILES string of the molecule is CCCNC(c1snnc1C(C)C)c1ccnn1C. The first-order valence-corrected chi connectivity index (χ1v) is 7.45. The van der Waals surface area contributed by atoms with Crippen molar-refractivity contribution in [3.8, 4) is 0 Å². The highest BCUT2D eigenvalue weighted by Gasteiger charge is 2.24. The Kier molecular flexibility index (Phi) is 4.66. The molecule has 5 nitrogen and oxygen atoms in total. The third kappa shape index (κ3) is 3.01. The summed E-state index contributed by atoms with van der Waals surface area (Å²) in [7, 11) is 1.97. The van der Waals surface area contributed by atoms with Gasteiger partial charge in [0.15, 0.2) is 0 Å². The van der Waals surface area contributed by atoms with Crippen molar-refractivity contribution in [2.24, 2.45) is 7.05 Å². The van der Waals surface area contributed by atoms with Crippen molar-refractivity contribution in [2.75, 3.05) is 6.54 Å². The maximum Gasteiger partial charge on any atom is 0.0877 e. The Morgan fingerprint density at radius 2 is 2.21 bits per heavy atom. The van der Waals surface area contributed by atoms with Crippen LogP contribution >= 0.6 is 11.5 Å². The van der Waals surface area contributed by atoms with Crippen LogP contribution in [0.1, 0.15) is 55.4 Å². The van der Waals surface area contributed by atoms with E-state index >= 15 is 0 Å². The van der Waals surface area contributed by atoms with Crippen LogP contribution < -0.4 is 5.32 Å². The Morgan fingerprint density at radius 3 is 2.79 bits per heavy atom. The van der Waals surface area contributed by atoms with Crippen LogP contribution in [0.2, 0.25) is 0 Å². The average molecular weight is 279 g/mol. The Labute approximate surface area is 118 Å². The molecule has 104 valence electrons. The molecular formula is C13H21N5S. The lowest BCUT2D eigenvalue weighted by Crippen LogP contribution is -2.25. The number of nitrogens with zero attached hydrogens (tertiary/aromatic N) is 4. The van der Waals surface area contributed by atoms with E-state index in [1.165, 1.54) is 16.4 Å². The van der Waals surface area contributed by atoms with E-state index < -0.39 is 0 Å². The summed E-state index contributed by atoms with van der Waals surface area (Å²) in [4.78, 5) is 1.20. The molecule has 0 amide bonds. The molecule has 0 radical (unpaired) electrons. The van der Waals surface area contributed by atoms with E-state index in [0.717, 1.165) is 24.4 Å². The Morgan fingerprint density at radius 1 is 1.42 bits per heavy atom. The second kappa shape index (κ2) is 6.25. The summed E-state index contributed by atoms with van der Waals surface area (Å²) in [6.45, 7) is 7.44. The van der Waals surface area contributed by atoms with Crippen LogP contribution in [0.15, 0.2) is 12.3 Å². The van der Waals surface area contributed by atoms with Gasteiger partial charge in [0.1, 0.15) is 0 Å². The van der Waals surface area contributed by atoms with Gasteiger partial charge >= 0.3 is 0 Å². The third-order valence-corrected chi connectivity index (χ3v) is 3.91. The maximum atomic E-state index is 4.28. The fraction of sp³-hybridized carbons (Fsp3) is 0.615. The van der Waals surface area contributed by atoms with E-state index in [2.05, 4.69) is 46.8 Å². The molecule has 0 spiro atoms. The minimum atomic E-state index is 0.129. The largest absolute Gasteiger partial charge is 0.304 e. The summed E-state index contributed by atoms with van der Waals surface area (Å²) >= 11 is 1.48. The summed E-state index contributed by atoms with van der Waals surface area (Å²) in [6.07, 6.45) is 2.93. The Balaban J connectivity index is 2.37. The van der Waals surface area contributed by atoms with Crippen molar-refractivity contribution in [3.63, 3.8) is 0 Å². The molecule has 2 rings (SSSR count). The zero-order chi connectivity index (χ0) is 13.8. The Hall–Kier alpha value is -1.27. The molecule has 1 atom stereocenters. The minimum Gasteiger partial charge on any atom is -0.304 e. The fourth-order valence-electron chi connectivity index (χ4n) is 2.09. The van der Waals surface area contributed by atoms with Crippen LogP contribution in [-0.4, -0.2) is 25.9 Å². The van der Waals surface area contributed by atoms with Gasteiger partial charge in [-0.1, -0.05) is 25.3 Å². The van der Waals surface area contributed by atoms with Gasteiger partial charge in [0.05, 0.1) is 22.3 Å². The summed E-state index contributed by atoms with van der Waals surface area (Å²) in [6, 6.07) is 2.18. The summed E-state index contributed by atoms with van der Waals surface area (Å²) in [5, 5.41) is 12.1. The van der Waals surface area contributed by atoms with Crippen molar-refractivity contribution < 1.29 is 0 Å². The van der Waals surface area contributed by atoms with Gasteiger partial charge in [0, 0.05) is 13.2 Å². The zero-order valence-electron chi connectivity index (χ0n) is 11.9. The van der Waals surface area contributed by atoms with Crippen molar-refractivity contribution in [2.45, 2.75) is 39.2 Å². The smallest absolute Gasteiger partial charge is 0.0877 e. The van der Waals surface area contributed by atoms with Crippen molar-refractivity contribution >= 4 is 11.5 Å². The van der Waals surface area contributed by atoms with Gasteiger partial charge in [-0.05, 0) is 36.5 Å². The normalized spacial score (nSPS) is 13.1. The highest BCUT2D eigenvalue weighted by Crippen LogP contribution is 2.30. The number of rotatable bonds is 6. The first kappa shape index (κ1) is 14.1. The maximum absolute atomic E-state index is 4.28. The summed E-state index contributed by atoms with van der Waals surface area (Å²) in [5.41, 5.74) is 2.24. The number of hydrogen-bond acceptors (Lipinski definition) is 5. The lowest BCUT2D eigenvalue weighted by atomic mass is 10.0. The summed E-state index contributed by atoms with van der Waals surface area (Å²) in [5.74, 6) is 0.382. The second-order valence-corrected chi connectivity index (χ2v) is 5.73. The molecule has 1 unspecified atom stereocenters. The van der Waals surface area contributed by atoms with E-state index in [1.54, 1.807) is 0 Å². The number of nitrogens with one attached hydrogen (secondary N) is 1. The van der Waals surface area contributed by atoms with Crippen molar-refractivity contribution in [1.82, 2.24) is 24.7 Å². The highest BCUT2D eigenvalue weighted by molar-refractivity contribution is 7.05. The number of hydrogen-bond donors (Lipinski definition) is 1. The molecule has 0 aromatic carbocycles. The van der Waals surface area contributed by atoms with Crippen LogP contribution in [0.3, 0.4) is 0 Å². The monoisotopic (exact) mass is 279 g/mol.